The summed E-state index contributed by atoms with van der Waals surface area (Å²) in [5, 5.41) is 21.9. The number of H-pyrrole nitrogens is 1. The lowest BCUT2D eigenvalue weighted by Gasteiger charge is -2.09. The van der Waals surface area contributed by atoms with Crippen molar-refractivity contribution < 1.29 is 14.6 Å². The van der Waals surface area contributed by atoms with Crippen LogP contribution in [0.15, 0.2) is 82.9 Å². The van der Waals surface area contributed by atoms with E-state index in [0.29, 0.717) is 22.2 Å². The Balaban J connectivity index is 1.58. The molecule has 1 heterocycles. The molecule has 0 fully saturated rings. The van der Waals surface area contributed by atoms with Gasteiger partial charge in [-0.1, -0.05) is 60.1 Å². The van der Waals surface area contributed by atoms with Gasteiger partial charge in [-0.25, -0.2) is 9.78 Å². The fourth-order valence-electron chi connectivity index (χ4n) is 3.85. The van der Waals surface area contributed by atoms with Crippen LogP contribution in [0.25, 0.3) is 39.0 Å². The zero-order chi connectivity index (χ0) is 23.7. The molecule has 0 saturated carbocycles. The maximum absolute atomic E-state index is 12.2. The predicted molar refractivity (Wildman–Crippen MR) is 136 cm³/mol. The number of fused-ring (bicyclic) bond motifs is 2. The molecule has 0 aliphatic heterocycles. The van der Waals surface area contributed by atoms with Crippen molar-refractivity contribution in [3.05, 3.63) is 88.3 Å². The van der Waals surface area contributed by atoms with Gasteiger partial charge in [-0.2, -0.15) is 0 Å². The van der Waals surface area contributed by atoms with E-state index < -0.39 is 5.97 Å². The highest BCUT2D eigenvalue weighted by molar-refractivity contribution is 8.04. The van der Waals surface area contributed by atoms with Crippen molar-refractivity contribution in [1.82, 2.24) is 15.2 Å². The van der Waals surface area contributed by atoms with Gasteiger partial charge in [0.2, 0.25) is 5.16 Å². The number of benzene rings is 4. The van der Waals surface area contributed by atoms with E-state index in [1.807, 2.05) is 48.5 Å². The van der Waals surface area contributed by atoms with Gasteiger partial charge in [-0.05, 0) is 69.2 Å². The molecule has 0 unspecified atom stereocenters. The van der Waals surface area contributed by atoms with Crippen LogP contribution in [0.2, 0.25) is 5.02 Å². The summed E-state index contributed by atoms with van der Waals surface area (Å²) < 4.78 is 5.39. The molecule has 0 bridgehead atoms. The Bertz CT molecular complexity index is 1520. The first-order chi connectivity index (χ1) is 16.5. The number of thioether (sulfide) groups is 1. The van der Waals surface area contributed by atoms with E-state index in [0.717, 1.165) is 38.9 Å². The summed E-state index contributed by atoms with van der Waals surface area (Å²) in [4.78, 5) is 16.8. The van der Waals surface area contributed by atoms with E-state index >= 15 is 0 Å². The SMILES string of the molecule is COc1ccc(Cl)cc1-c1nc(S/C(=C\c2c3ccccc3cc3ccccc23)C(=O)O)n[nH]1. The number of aromatic amines is 1. The first kappa shape index (κ1) is 22.0. The molecule has 0 aliphatic rings. The number of aliphatic carboxylic acids is 1. The second-order valence-corrected chi connectivity index (χ2v) is 8.91. The molecule has 6 nitrogen and oxygen atoms in total. The Morgan fingerprint density at radius 1 is 1.03 bits per heavy atom. The molecule has 0 atom stereocenters. The normalized spacial score (nSPS) is 11.8. The van der Waals surface area contributed by atoms with Crippen molar-refractivity contribution in [2.75, 3.05) is 7.11 Å². The Morgan fingerprint density at radius 2 is 1.71 bits per heavy atom. The number of carboxylic acid groups (broad SMARTS) is 1. The summed E-state index contributed by atoms with van der Waals surface area (Å²) in [6.07, 6.45) is 1.69. The lowest BCUT2D eigenvalue weighted by Crippen LogP contribution is -1.98. The number of rotatable bonds is 6. The first-order valence-electron chi connectivity index (χ1n) is 10.3. The third-order valence-corrected chi connectivity index (χ3v) is 6.49. The van der Waals surface area contributed by atoms with Crippen molar-refractivity contribution in [1.29, 1.82) is 0 Å². The summed E-state index contributed by atoms with van der Waals surface area (Å²) in [6, 6.07) is 23.1. The minimum absolute atomic E-state index is 0.102. The summed E-state index contributed by atoms with van der Waals surface area (Å²) >= 11 is 7.11. The number of carboxylic acids is 1. The minimum Gasteiger partial charge on any atom is -0.496 e. The van der Waals surface area contributed by atoms with Crippen LogP contribution in [0.5, 0.6) is 5.75 Å². The van der Waals surface area contributed by atoms with E-state index in [1.54, 1.807) is 31.4 Å². The number of nitrogens with one attached hydrogen (secondary N) is 1. The number of hydrogen-bond acceptors (Lipinski definition) is 5. The Morgan fingerprint density at radius 3 is 2.35 bits per heavy atom. The Hall–Kier alpha value is -3.81. The largest absolute Gasteiger partial charge is 0.496 e. The van der Waals surface area contributed by atoms with Crippen LogP contribution in [-0.4, -0.2) is 33.4 Å². The van der Waals surface area contributed by atoms with Gasteiger partial charge in [-0.15, -0.1) is 5.10 Å². The molecular formula is C26H18ClN3O3S. The van der Waals surface area contributed by atoms with Crippen LogP contribution in [-0.2, 0) is 4.79 Å². The smallest absolute Gasteiger partial charge is 0.342 e. The maximum atomic E-state index is 12.2. The van der Waals surface area contributed by atoms with Gasteiger partial charge in [-0.3, -0.25) is 5.10 Å². The number of halogens is 1. The van der Waals surface area contributed by atoms with Gasteiger partial charge in [0, 0.05) is 5.02 Å². The number of hydrogen-bond donors (Lipinski definition) is 2. The minimum atomic E-state index is -1.06. The first-order valence-corrected chi connectivity index (χ1v) is 11.5. The highest BCUT2D eigenvalue weighted by Crippen LogP contribution is 2.35. The van der Waals surface area contributed by atoms with Crippen molar-refractivity contribution >= 4 is 57.0 Å². The third kappa shape index (κ3) is 4.23. The van der Waals surface area contributed by atoms with E-state index in [9.17, 15) is 9.90 Å². The fourth-order valence-corrected chi connectivity index (χ4v) is 4.71. The zero-order valence-electron chi connectivity index (χ0n) is 17.9. The molecule has 0 saturated heterocycles. The number of nitrogens with zero attached hydrogens (tertiary/aromatic N) is 2. The monoisotopic (exact) mass is 487 g/mol. The topological polar surface area (TPSA) is 88.1 Å². The number of methoxy groups -OCH3 is 1. The van der Waals surface area contributed by atoms with Gasteiger partial charge < -0.3 is 9.84 Å². The maximum Gasteiger partial charge on any atom is 0.342 e. The molecule has 168 valence electrons. The van der Waals surface area contributed by atoms with Gasteiger partial charge >= 0.3 is 5.97 Å². The van der Waals surface area contributed by atoms with Crippen LogP contribution < -0.4 is 4.74 Å². The molecular weight excluding hydrogens is 470 g/mol. The lowest BCUT2D eigenvalue weighted by atomic mass is 9.96. The second kappa shape index (κ2) is 9.21. The number of ether oxygens (including phenoxy) is 1. The van der Waals surface area contributed by atoms with Crippen molar-refractivity contribution in [2.24, 2.45) is 0 Å². The number of aromatic nitrogens is 3. The summed E-state index contributed by atoms with van der Waals surface area (Å²) in [7, 11) is 1.55. The van der Waals surface area contributed by atoms with Crippen LogP contribution in [0.3, 0.4) is 0 Å². The van der Waals surface area contributed by atoms with Crippen molar-refractivity contribution in [3.63, 3.8) is 0 Å². The van der Waals surface area contributed by atoms with Gasteiger partial charge in [0.15, 0.2) is 5.82 Å². The van der Waals surface area contributed by atoms with Gasteiger partial charge in [0.1, 0.15) is 10.7 Å². The molecule has 1 aromatic heterocycles. The second-order valence-electron chi connectivity index (χ2n) is 7.46. The van der Waals surface area contributed by atoms with E-state index in [-0.39, 0.29) is 10.1 Å². The van der Waals surface area contributed by atoms with Gasteiger partial charge in [0.05, 0.1) is 12.7 Å². The van der Waals surface area contributed by atoms with Crippen LogP contribution in [0.1, 0.15) is 5.56 Å². The van der Waals surface area contributed by atoms with E-state index in [2.05, 4.69) is 21.2 Å². The summed E-state index contributed by atoms with van der Waals surface area (Å²) in [5.41, 5.74) is 1.47. The molecule has 0 amide bonds. The molecule has 5 rings (SSSR count). The predicted octanol–water partition coefficient (Wildman–Crippen LogP) is 6.66. The summed E-state index contributed by atoms with van der Waals surface area (Å²) in [5.74, 6) is -0.0516. The highest BCUT2D eigenvalue weighted by Gasteiger charge is 2.17. The Labute approximate surface area is 204 Å². The zero-order valence-corrected chi connectivity index (χ0v) is 19.5. The third-order valence-electron chi connectivity index (χ3n) is 5.38. The lowest BCUT2D eigenvalue weighted by molar-refractivity contribution is -0.131. The quantitative estimate of drug-likeness (QED) is 0.158. The molecule has 8 heteroatoms. The van der Waals surface area contributed by atoms with Crippen molar-refractivity contribution in [2.45, 2.75) is 5.16 Å². The van der Waals surface area contributed by atoms with Crippen LogP contribution >= 0.6 is 23.4 Å². The van der Waals surface area contributed by atoms with E-state index in [1.165, 1.54) is 0 Å². The molecule has 5 aromatic rings. The summed E-state index contributed by atoms with van der Waals surface area (Å²) in [6.45, 7) is 0. The average Bonchev–Trinajstić information content (AvgIpc) is 3.31. The van der Waals surface area contributed by atoms with E-state index in [4.69, 9.17) is 16.3 Å². The van der Waals surface area contributed by atoms with Crippen LogP contribution in [0.4, 0.5) is 0 Å². The molecule has 0 aliphatic carbocycles. The van der Waals surface area contributed by atoms with Crippen LogP contribution in [0, 0.1) is 0 Å². The highest BCUT2D eigenvalue weighted by atomic mass is 35.5. The van der Waals surface area contributed by atoms with Crippen molar-refractivity contribution in [3.8, 4) is 17.1 Å². The molecule has 0 radical (unpaired) electrons. The molecule has 34 heavy (non-hydrogen) atoms. The number of carbonyl (C=O) groups is 1. The molecule has 0 spiro atoms. The van der Waals surface area contributed by atoms with Gasteiger partial charge in [0.25, 0.3) is 0 Å². The fraction of sp³-hybridized carbons (Fsp3) is 0.0385. The Kier molecular flexibility index (Phi) is 5.96. The molecule has 4 aromatic carbocycles. The average molecular weight is 488 g/mol. The molecule has 2 N–H and O–H groups in total. The standard InChI is InChI=1S/C26H18ClN3O3S/c1-33-22-11-10-17(27)13-21(22)24-28-26(30-29-24)34-23(25(31)32)14-20-18-8-4-2-6-15(18)12-16-7-3-5-9-19(16)20/h2-14H,1H3,(H,31,32)(H,28,29,30)/b23-14-.